The zero-order chi connectivity index (χ0) is 26.9. The fourth-order valence-corrected chi connectivity index (χ4v) is 5.18. The van der Waals surface area contributed by atoms with E-state index in [4.69, 9.17) is 14.2 Å². The minimum atomic E-state index is -3.54. The van der Waals surface area contributed by atoms with Gasteiger partial charge in [-0.2, -0.15) is 0 Å². The van der Waals surface area contributed by atoms with E-state index >= 15 is 0 Å². The van der Waals surface area contributed by atoms with Gasteiger partial charge in [0.2, 0.25) is 0 Å². The highest BCUT2D eigenvalue weighted by Crippen LogP contribution is 2.32. The van der Waals surface area contributed by atoms with Crippen LogP contribution in [-0.4, -0.2) is 55.4 Å². The molecule has 2 heterocycles. The molecule has 1 atom stereocenters. The lowest BCUT2D eigenvalue weighted by molar-refractivity contribution is 0.296. The summed E-state index contributed by atoms with van der Waals surface area (Å²) in [5.41, 5.74) is 1.78. The third-order valence-corrected chi connectivity index (χ3v) is 6.96. The van der Waals surface area contributed by atoms with Gasteiger partial charge < -0.3 is 14.2 Å². The highest BCUT2D eigenvalue weighted by Gasteiger charge is 2.27. The fourth-order valence-electron chi connectivity index (χ4n) is 4.29. The highest BCUT2D eigenvalue weighted by atomic mass is 32.2. The summed E-state index contributed by atoms with van der Waals surface area (Å²) in [6.45, 7) is 2.11. The highest BCUT2D eigenvalue weighted by molar-refractivity contribution is 7.90. The second-order valence-corrected chi connectivity index (χ2v) is 10.7. The van der Waals surface area contributed by atoms with Crippen molar-refractivity contribution in [1.29, 1.82) is 0 Å². The number of fused-ring (bicyclic) bond motifs is 1. The first kappa shape index (κ1) is 26.2. The van der Waals surface area contributed by atoms with Gasteiger partial charge in [-0.3, -0.25) is 9.13 Å². The van der Waals surface area contributed by atoms with Crippen LogP contribution in [0.15, 0.2) is 53.3 Å². The number of hydrogen-bond acceptors (Lipinski definition) is 7. The Morgan fingerprint density at radius 1 is 1.03 bits per heavy atom. The van der Waals surface area contributed by atoms with Crippen LogP contribution in [0, 0.1) is 5.82 Å². The van der Waals surface area contributed by atoms with Gasteiger partial charge in [-0.05, 0) is 48.9 Å². The smallest absolute Gasteiger partial charge is 0.329 e. The molecular weight excluding hydrogens is 501 g/mol. The molecule has 2 aromatic heterocycles. The van der Waals surface area contributed by atoms with Gasteiger partial charge in [0, 0.05) is 24.9 Å². The van der Waals surface area contributed by atoms with Crippen LogP contribution in [-0.2, 0) is 16.9 Å². The zero-order valence-corrected chi connectivity index (χ0v) is 22.0. The molecule has 0 aliphatic carbocycles. The molecule has 0 unspecified atom stereocenters. The molecular formula is C26H28FN3O6S. The average molecular weight is 530 g/mol. The van der Waals surface area contributed by atoms with Crippen molar-refractivity contribution < 1.29 is 27.0 Å². The van der Waals surface area contributed by atoms with E-state index in [1.54, 1.807) is 56.4 Å². The fraction of sp³-hybridized carbons (Fsp3) is 0.308. The molecule has 0 amide bonds. The quantitative estimate of drug-likeness (QED) is 0.327. The van der Waals surface area contributed by atoms with Gasteiger partial charge in [0.15, 0.2) is 5.75 Å². The summed E-state index contributed by atoms with van der Waals surface area (Å²) in [5, 5.41) is 0. The van der Waals surface area contributed by atoms with Crippen LogP contribution >= 0.6 is 0 Å². The first-order valence-corrected chi connectivity index (χ1v) is 13.5. The number of methoxy groups -OCH3 is 2. The molecule has 2 aromatic carbocycles. The normalized spacial score (nSPS) is 12.5. The van der Waals surface area contributed by atoms with Crippen molar-refractivity contribution in [3.63, 3.8) is 0 Å². The number of nitrogens with zero attached hydrogens (tertiary/aromatic N) is 3. The van der Waals surface area contributed by atoms with Crippen LogP contribution in [0.5, 0.6) is 17.4 Å². The molecule has 0 bridgehead atoms. The molecule has 4 aromatic rings. The van der Waals surface area contributed by atoms with Gasteiger partial charge >= 0.3 is 5.69 Å². The van der Waals surface area contributed by atoms with Crippen molar-refractivity contribution in [2.75, 3.05) is 32.8 Å². The Morgan fingerprint density at radius 2 is 1.78 bits per heavy atom. The summed E-state index contributed by atoms with van der Waals surface area (Å²) in [4.78, 5) is 18.0. The van der Waals surface area contributed by atoms with E-state index in [9.17, 15) is 17.6 Å². The largest absolute Gasteiger partial charge is 0.497 e. The second kappa shape index (κ2) is 10.3. The molecule has 0 aliphatic heterocycles. The van der Waals surface area contributed by atoms with E-state index in [0.29, 0.717) is 46.0 Å². The standard InChI is InChI=1S/C26H28FN3O6S/c1-6-36-25-24(35-4)12-10-20(28-25)23(15-37(5,32)33)30-21-11-7-16(13-22(21)29(2)26(30)31)18-9-8-17(34-3)14-19(18)27/h7-14,23H,6,15H2,1-5H3/t23-/m1/s1. The van der Waals surface area contributed by atoms with Crippen LogP contribution in [0.2, 0.25) is 0 Å². The molecule has 0 radical (unpaired) electrons. The van der Waals surface area contributed by atoms with Gasteiger partial charge in [-0.15, -0.1) is 0 Å². The Bertz CT molecular complexity index is 1630. The van der Waals surface area contributed by atoms with E-state index in [0.717, 1.165) is 6.26 Å². The number of hydrogen-bond donors (Lipinski definition) is 0. The van der Waals surface area contributed by atoms with Gasteiger partial charge in [-0.1, -0.05) is 6.07 Å². The number of halogens is 1. The summed E-state index contributed by atoms with van der Waals surface area (Å²) >= 11 is 0. The summed E-state index contributed by atoms with van der Waals surface area (Å²) in [5.74, 6) is 0.143. The number of imidazole rings is 1. The maximum atomic E-state index is 14.8. The third-order valence-electron chi connectivity index (χ3n) is 6.04. The monoisotopic (exact) mass is 529 g/mol. The maximum absolute atomic E-state index is 14.8. The number of pyridine rings is 1. The molecule has 37 heavy (non-hydrogen) atoms. The summed E-state index contributed by atoms with van der Waals surface area (Å²) < 4.78 is 58.4. The predicted molar refractivity (Wildman–Crippen MR) is 139 cm³/mol. The summed E-state index contributed by atoms with van der Waals surface area (Å²) in [6.07, 6.45) is 1.10. The maximum Gasteiger partial charge on any atom is 0.329 e. The molecule has 11 heteroatoms. The SMILES string of the molecule is CCOc1nc([C@@H](CS(C)(=O)=O)n2c(=O)n(C)c3cc(-c4ccc(OC)cc4F)ccc32)ccc1OC. The molecule has 0 fully saturated rings. The van der Waals surface area contributed by atoms with Crippen LogP contribution in [0.1, 0.15) is 18.7 Å². The van der Waals surface area contributed by atoms with E-state index < -0.39 is 27.4 Å². The van der Waals surface area contributed by atoms with E-state index in [2.05, 4.69) is 4.98 Å². The van der Waals surface area contributed by atoms with Crippen molar-refractivity contribution in [1.82, 2.24) is 14.1 Å². The minimum Gasteiger partial charge on any atom is -0.497 e. The third kappa shape index (κ3) is 5.17. The van der Waals surface area contributed by atoms with E-state index in [-0.39, 0.29) is 11.6 Å². The molecule has 0 spiro atoms. The first-order valence-electron chi connectivity index (χ1n) is 11.5. The predicted octanol–water partition coefficient (Wildman–Crippen LogP) is 3.59. The van der Waals surface area contributed by atoms with E-state index in [1.807, 2.05) is 0 Å². The van der Waals surface area contributed by atoms with Gasteiger partial charge in [0.25, 0.3) is 5.88 Å². The minimum absolute atomic E-state index is 0.201. The molecule has 196 valence electrons. The second-order valence-electron chi connectivity index (χ2n) is 8.55. The number of ether oxygens (including phenoxy) is 3. The van der Waals surface area contributed by atoms with Crippen molar-refractivity contribution >= 4 is 20.9 Å². The molecule has 0 aliphatic rings. The number of benzene rings is 2. The van der Waals surface area contributed by atoms with Crippen LogP contribution in [0.3, 0.4) is 0 Å². The molecule has 9 nitrogen and oxygen atoms in total. The molecule has 0 N–H and O–H groups in total. The van der Waals surface area contributed by atoms with Crippen molar-refractivity contribution in [3.8, 4) is 28.5 Å². The van der Waals surface area contributed by atoms with Gasteiger partial charge in [-0.25, -0.2) is 22.6 Å². The van der Waals surface area contributed by atoms with Gasteiger partial charge in [0.1, 0.15) is 21.4 Å². The van der Waals surface area contributed by atoms with Crippen molar-refractivity contribution in [2.45, 2.75) is 13.0 Å². The summed E-state index contributed by atoms with van der Waals surface area (Å²) in [7, 11) is 0.978. The summed E-state index contributed by atoms with van der Waals surface area (Å²) in [6, 6.07) is 11.9. The van der Waals surface area contributed by atoms with Crippen molar-refractivity contribution in [2.24, 2.45) is 7.05 Å². The Labute approximate surface area is 214 Å². The van der Waals surface area contributed by atoms with Crippen LogP contribution < -0.4 is 19.9 Å². The number of sulfone groups is 1. The Hall–Kier alpha value is -3.86. The van der Waals surface area contributed by atoms with Crippen molar-refractivity contribution in [3.05, 3.63) is 70.5 Å². The first-order chi connectivity index (χ1) is 17.6. The Morgan fingerprint density at radius 3 is 2.41 bits per heavy atom. The van der Waals surface area contributed by atoms with Crippen LogP contribution in [0.4, 0.5) is 4.39 Å². The number of aromatic nitrogens is 3. The molecule has 0 saturated carbocycles. The average Bonchev–Trinajstić information content (AvgIpc) is 3.11. The molecule has 4 rings (SSSR count). The van der Waals surface area contributed by atoms with Gasteiger partial charge in [0.05, 0.1) is 49.3 Å². The topological polar surface area (TPSA) is 102 Å². The Kier molecular flexibility index (Phi) is 7.26. The Balaban J connectivity index is 1.91. The van der Waals surface area contributed by atoms with Crippen LogP contribution in [0.25, 0.3) is 22.2 Å². The lowest BCUT2D eigenvalue weighted by atomic mass is 10.0. The number of rotatable bonds is 9. The molecule has 0 saturated heterocycles. The lowest BCUT2D eigenvalue weighted by Gasteiger charge is -2.19. The van der Waals surface area contributed by atoms with E-state index in [1.165, 1.54) is 29.4 Å². The number of aryl methyl sites for hydroxylation is 1. The zero-order valence-electron chi connectivity index (χ0n) is 21.2. The lowest BCUT2D eigenvalue weighted by Crippen LogP contribution is -2.31.